The maximum absolute atomic E-state index is 5.54. The van der Waals surface area contributed by atoms with Gasteiger partial charge in [-0.1, -0.05) is 55.5 Å². The number of ether oxygens (including phenoxy) is 1. The lowest BCUT2D eigenvalue weighted by Crippen LogP contribution is -2.32. The van der Waals surface area contributed by atoms with Gasteiger partial charge in [0.05, 0.1) is 6.04 Å². The van der Waals surface area contributed by atoms with Crippen molar-refractivity contribution in [1.82, 2.24) is 5.32 Å². The van der Waals surface area contributed by atoms with Crippen molar-refractivity contribution in [2.75, 3.05) is 11.9 Å². The van der Waals surface area contributed by atoms with Crippen molar-refractivity contribution in [3.8, 4) is 5.75 Å². The Bertz CT molecular complexity index is 682. The number of anilines is 1. The smallest absolute Gasteiger partial charge is 0.171 e. The summed E-state index contributed by atoms with van der Waals surface area (Å²) in [4.78, 5) is 0. The highest BCUT2D eigenvalue weighted by atomic mass is 32.1. The van der Waals surface area contributed by atoms with Crippen LogP contribution < -0.4 is 15.4 Å². The number of rotatable bonds is 7. The van der Waals surface area contributed by atoms with E-state index >= 15 is 0 Å². The lowest BCUT2D eigenvalue weighted by molar-refractivity contribution is 0.363. The Hall–Kier alpha value is -2.33. The monoisotopic (exact) mass is 340 g/mol. The first-order valence-corrected chi connectivity index (χ1v) is 8.51. The predicted octanol–water partition coefficient (Wildman–Crippen LogP) is 5.00. The van der Waals surface area contributed by atoms with E-state index in [1.807, 2.05) is 24.3 Å². The summed E-state index contributed by atoms with van der Waals surface area (Å²) in [5.74, 6) is 0.785. The molecule has 1 atom stereocenters. The summed E-state index contributed by atoms with van der Waals surface area (Å²) in [6.07, 6.45) is 2.67. The summed E-state index contributed by atoms with van der Waals surface area (Å²) in [6.45, 7) is 8.37. The van der Waals surface area contributed by atoms with Gasteiger partial charge in [-0.05, 0) is 43.3 Å². The van der Waals surface area contributed by atoms with Gasteiger partial charge in [0, 0.05) is 11.8 Å². The van der Waals surface area contributed by atoms with Gasteiger partial charge in [0.15, 0.2) is 5.11 Å². The first-order chi connectivity index (χ1) is 11.6. The second-order valence-corrected chi connectivity index (χ2v) is 6.01. The van der Waals surface area contributed by atoms with Gasteiger partial charge in [0.1, 0.15) is 12.4 Å². The third kappa shape index (κ3) is 5.39. The third-order valence-corrected chi connectivity index (χ3v) is 3.87. The predicted molar refractivity (Wildman–Crippen MR) is 106 cm³/mol. The fourth-order valence-electron chi connectivity index (χ4n) is 2.36. The summed E-state index contributed by atoms with van der Waals surface area (Å²) < 4.78 is 5.54. The summed E-state index contributed by atoms with van der Waals surface area (Å²) in [7, 11) is 0. The highest BCUT2D eigenvalue weighted by Gasteiger charge is 2.10. The fourth-order valence-corrected chi connectivity index (χ4v) is 2.62. The lowest BCUT2D eigenvalue weighted by atomic mass is 10.0. The van der Waals surface area contributed by atoms with Crippen LogP contribution in [-0.2, 0) is 0 Å². The maximum Gasteiger partial charge on any atom is 0.171 e. The normalized spacial score (nSPS) is 11.4. The van der Waals surface area contributed by atoms with Gasteiger partial charge in [0.25, 0.3) is 0 Å². The van der Waals surface area contributed by atoms with Crippen LogP contribution in [0, 0.1) is 6.92 Å². The van der Waals surface area contributed by atoms with Crippen LogP contribution in [0.3, 0.4) is 0 Å². The molecule has 126 valence electrons. The lowest BCUT2D eigenvalue weighted by Gasteiger charge is -2.20. The van der Waals surface area contributed by atoms with Crippen LogP contribution in [-0.4, -0.2) is 11.7 Å². The largest absolute Gasteiger partial charge is 0.489 e. The second-order valence-electron chi connectivity index (χ2n) is 5.60. The zero-order valence-corrected chi connectivity index (χ0v) is 15.0. The molecule has 0 aromatic heterocycles. The van der Waals surface area contributed by atoms with Gasteiger partial charge in [0.2, 0.25) is 0 Å². The minimum atomic E-state index is 0.186. The Morgan fingerprint density at radius 3 is 2.67 bits per heavy atom. The molecule has 0 radical (unpaired) electrons. The molecule has 0 bridgehead atoms. The van der Waals surface area contributed by atoms with Crippen LogP contribution in [0.15, 0.2) is 61.2 Å². The Morgan fingerprint density at radius 2 is 2.00 bits per heavy atom. The van der Waals surface area contributed by atoms with Gasteiger partial charge in [-0.3, -0.25) is 0 Å². The number of hydrogen-bond acceptors (Lipinski definition) is 2. The van der Waals surface area contributed by atoms with E-state index < -0.39 is 0 Å². The molecule has 2 aromatic rings. The first-order valence-electron chi connectivity index (χ1n) is 8.10. The molecule has 0 amide bonds. The van der Waals surface area contributed by atoms with E-state index in [1.54, 1.807) is 6.08 Å². The number of nitrogens with one attached hydrogen (secondary N) is 2. The molecule has 0 aliphatic heterocycles. The van der Waals surface area contributed by atoms with Gasteiger partial charge in [-0.25, -0.2) is 0 Å². The SMILES string of the molecule is C=CCOc1cccc(NC(=S)NC(CC)c2ccc(C)cc2)c1. The summed E-state index contributed by atoms with van der Waals surface area (Å²) in [6, 6.07) is 16.4. The highest BCUT2D eigenvalue weighted by Crippen LogP contribution is 2.19. The second kappa shape index (κ2) is 9.08. The summed E-state index contributed by atoms with van der Waals surface area (Å²) in [5.41, 5.74) is 3.38. The summed E-state index contributed by atoms with van der Waals surface area (Å²) in [5, 5.41) is 7.20. The molecule has 24 heavy (non-hydrogen) atoms. The van der Waals surface area contributed by atoms with Crippen molar-refractivity contribution < 1.29 is 4.74 Å². The number of benzene rings is 2. The number of hydrogen-bond donors (Lipinski definition) is 2. The van der Waals surface area contributed by atoms with Gasteiger partial charge >= 0.3 is 0 Å². The van der Waals surface area contributed by atoms with Gasteiger partial charge in [-0.15, -0.1) is 0 Å². The van der Waals surface area contributed by atoms with E-state index in [0.29, 0.717) is 11.7 Å². The van der Waals surface area contributed by atoms with Gasteiger partial charge < -0.3 is 15.4 Å². The van der Waals surface area contributed by atoms with Crippen molar-refractivity contribution in [2.45, 2.75) is 26.3 Å². The Morgan fingerprint density at radius 1 is 1.25 bits per heavy atom. The first kappa shape index (κ1) is 18.0. The minimum absolute atomic E-state index is 0.186. The van der Waals surface area contributed by atoms with Crippen molar-refractivity contribution in [2.24, 2.45) is 0 Å². The van der Waals surface area contributed by atoms with Crippen molar-refractivity contribution in [1.29, 1.82) is 0 Å². The highest BCUT2D eigenvalue weighted by molar-refractivity contribution is 7.80. The van der Waals surface area contributed by atoms with E-state index in [0.717, 1.165) is 17.9 Å². The fraction of sp³-hybridized carbons (Fsp3) is 0.250. The molecule has 0 saturated carbocycles. The Kier molecular flexibility index (Phi) is 6.82. The third-order valence-electron chi connectivity index (χ3n) is 3.65. The van der Waals surface area contributed by atoms with Crippen molar-refractivity contribution in [3.63, 3.8) is 0 Å². The molecule has 4 heteroatoms. The van der Waals surface area contributed by atoms with E-state index in [1.165, 1.54) is 11.1 Å². The molecule has 3 nitrogen and oxygen atoms in total. The molecule has 0 heterocycles. The number of aryl methyl sites for hydroxylation is 1. The molecular weight excluding hydrogens is 316 g/mol. The molecular formula is C20H24N2OS. The van der Waals surface area contributed by atoms with E-state index in [4.69, 9.17) is 17.0 Å². The van der Waals surface area contributed by atoms with Crippen LogP contribution in [0.25, 0.3) is 0 Å². The molecule has 2 N–H and O–H groups in total. The van der Waals surface area contributed by atoms with E-state index in [-0.39, 0.29) is 6.04 Å². The van der Waals surface area contributed by atoms with Crippen LogP contribution in [0.5, 0.6) is 5.75 Å². The molecule has 2 aromatic carbocycles. The molecule has 0 fully saturated rings. The van der Waals surface area contributed by atoms with E-state index in [2.05, 4.69) is 55.3 Å². The standard InChI is InChI=1S/C20H24N2OS/c1-4-13-23-18-8-6-7-17(14-18)21-20(24)22-19(5-2)16-11-9-15(3)10-12-16/h4,6-12,14,19H,1,5,13H2,2-3H3,(H2,21,22,24). The average Bonchev–Trinajstić information content (AvgIpc) is 2.59. The van der Waals surface area contributed by atoms with Crippen LogP contribution >= 0.6 is 12.2 Å². The number of thiocarbonyl (C=S) groups is 1. The maximum atomic E-state index is 5.54. The minimum Gasteiger partial charge on any atom is -0.489 e. The zero-order valence-electron chi connectivity index (χ0n) is 14.2. The van der Waals surface area contributed by atoms with Crippen molar-refractivity contribution >= 4 is 23.0 Å². The molecule has 0 saturated heterocycles. The van der Waals surface area contributed by atoms with Crippen LogP contribution in [0.4, 0.5) is 5.69 Å². The molecule has 0 spiro atoms. The Labute approximate surface area is 149 Å². The van der Waals surface area contributed by atoms with Crippen LogP contribution in [0.1, 0.15) is 30.5 Å². The molecule has 1 unspecified atom stereocenters. The van der Waals surface area contributed by atoms with Gasteiger partial charge in [-0.2, -0.15) is 0 Å². The molecule has 0 aliphatic rings. The quantitative estimate of drug-likeness (QED) is 0.549. The van der Waals surface area contributed by atoms with Crippen molar-refractivity contribution in [3.05, 3.63) is 72.3 Å². The van der Waals surface area contributed by atoms with Crippen LogP contribution in [0.2, 0.25) is 0 Å². The Balaban J connectivity index is 1.98. The zero-order chi connectivity index (χ0) is 17.4. The molecule has 2 rings (SSSR count). The van der Waals surface area contributed by atoms with E-state index in [9.17, 15) is 0 Å². The average molecular weight is 340 g/mol. The topological polar surface area (TPSA) is 33.3 Å². The summed E-state index contributed by atoms with van der Waals surface area (Å²) >= 11 is 5.46. The molecule has 0 aliphatic carbocycles.